The van der Waals surface area contributed by atoms with Crippen LogP contribution in [0.2, 0.25) is 0 Å². The Bertz CT molecular complexity index is 422. The van der Waals surface area contributed by atoms with E-state index in [4.69, 9.17) is 5.73 Å². The molecule has 0 aromatic heterocycles. The number of amides is 1. The average Bonchev–Trinajstić information content (AvgIpc) is 2.26. The zero-order valence-corrected chi connectivity index (χ0v) is 10.5. The monoisotopic (exact) mass is 232 g/mol. The molecule has 0 spiro atoms. The smallest absolute Gasteiger partial charge is 0.223 e. The lowest BCUT2D eigenvalue weighted by atomic mass is 9.80. The maximum Gasteiger partial charge on any atom is 0.223 e. The molecule has 0 bridgehead atoms. The second kappa shape index (κ2) is 4.88. The minimum Gasteiger partial charge on any atom is -0.352 e. The average molecular weight is 232 g/mol. The van der Waals surface area contributed by atoms with Gasteiger partial charge in [0.25, 0.3) is 0 Å². The first kappa shape index (κ1) is 12.1. The van der Waals surface area contributed by atoms with E-state index in [1.165, 1.54) is 11.1 Å². The Balaban J connectivity index is 1.85. The maximum atomic E-state index is 11.7. The van der Waals surface area contributed by atoms with Gasteiger partial charge >= 0.3 is 0 Å². The molecule has 1 aromatic rings. The Hall–Kier alpha value is -1.35. The Morgan fingerprint density at radius 1 is 1.35 bits per heavy atom. The predicted octanol–water partition coefficient (Wildman–Crippen LogP) is 1.66. The first-order valence-electron chi connectivity index (χ1n) is 6.15. The molecule has 92 valence electrons. The van der Waals surface area contributed by atoms with E-state index in [2.05, 4.69) is 37.4 Å². The lowest BCUT2D eigenvalue weighted by molar-refractivity contribution is -0.128. The van der Waals surface area contributed by atoms with E-state index >= 15 is 0 Å². The predicted molar refractivity (Wildman–Crippen MR) is 68.5 cm³/mol. The van der Waals surface area contributed by atoms with Crippen LogP contribution in [0.5, 0.6) is 0 Å². The molecule has 3 heteroatoms. The van der Waals surface area contributed by atoms with E-state index in [0.717, 1.165) is 18.4 Å². The van der Waals surface area contributed by atoms with Crippen LogP contribution in [0.1, 0.15) is 29.5 Å². The molecule has 0 atom stereocenters. The van der Waals surface area contributed by atoms with Crippen LogP contribution in [0, 0.1) is 19.8 Å². The zero-order valence-electron chi connectivity index (χ0n) is 10.5. The number of carbonyl (C=O) groups excluding carboxylic acids is 1. The highest BCUT2D eigenvalue weighted by Crippen LogP contribution is 2.25. The van der Waals surface area contributed by atoms with Crippen molar-refractivity contribution in [2.75, 3.05) is 0 Å². The third kappa shape index (κ3) is 2.86. The summed E-state index contributed by atoms with van der Waals surface area (Å²) in [6.07, 6.45) is 1.66. The molecule has 1 aliphatic rings. The molecule has 3 N–H and O–H groups in total. The van der Waals surface area contributed by atoms with Gasteiger partial charge in [0.15, 0.2) is 0 Å². The van der Waals surface area contributed by atoms with Crippen LogP contribution in [0.25, 0.3) is 0 Å². The number of nitrogens with two attached hydrogens (primary N) is 1. The Morgan fingerprint density at radius 2 is 2.06 bits per heavy atom. The first-order chi connectivity index (χ1) is 8.06. The molecule has 0 unspecified atom stereocenters. The Kier molecular flexibility index (Phi) is 3.48. The van der Waals surface area contributed by atoms with E-state index in [1.807, 2.05) is 0 Å². The summed E-state index contributed by atoms with van der Waals surface area (Å²) in [7, 11) is 0. The largest absolute Gasteiger partial charge is 0.352 e. The van der Waals surface area contributed by atoms with E-state index in [-0.39, 0.29) is 17.9 Å². The fraction of sp³-hybridized carbons (Fsp3) is 0.500. The fourth-order valence-corrected chi connectivity index (χ4v) is 2.12. The van der Waals surface area contributed by atoms with Crippen molar-refractivity contribution < 1.29 is 4.79 Å². The number of nitrogens with one attached hydrogen (secondary N) is 1. The van der Waals surface area contributed by atoms with Gasteiger partial charge in [-0.05, 0) is 43.4 Å². The molecule has 3 nitrogen and oxygen atoms in total. The van der Waals surface area contributed by atoms with Gasteiger partial charge in [-0.1, -0.05) is 18.2 Å². The molecular weight excluding hydrogens is 212 g/mol. The summed E-state index contributed by atoms with van der Waals surface area (Å²) in [5, 5.41) is 2.97. The van der Waals surface area contributed by atoms with Crippen molar-refractivity contribution in [1.29, 1.82) is 0 Å². The van der Waals surface area contributed by atoms with Crippen LogP contribution in [-0.2, 0) is 11.3 Å². The second-order valence-corrected chi connectivity index (χ2v) is 5.06. The molecule has 1 saturated carbocycles. The van der Waals surface area contributed by atoms with E-state index in [1.54, 1.807) is 0 Å². The number of aryl methyl sites for hydroxylation is 2. The second-order valence-electron chi connectivity index (χ2n) is 5.06. The number of hydrogen-bond donors (Lipinski definition) is 2. The van der Waals surface area contributed by atoms with Gasteiger partial charge in [-0.3, -0.25) is 4.79 Å². The van der Waals surface area contributed by atoms with Crippen molar-refractivity contribution in [1.82, 2.24) is 5.32 Å². The highest BCUT2D eigenvalue weighted by Gasteiger charge is 2.31. The number of benzene rings is 1. The van der Waals surface area contributed by atoms with Gasteiger partial charge in [-0.2, -0.15) is 0 Å². The van der Waals surface area contributed by atoms with Gasteiger partial charge in [0.05, 0.1) is 0 Å². The fourth-order valence-electron chi connectivity index (χ4n) is 2.12. The van der Waals surface area contributed by atoms with Crippen LogP contribution < -0.4 is 11.1 Å². The molecule has 17 heavy (non-hydrogen) atoms. The molecule has 0 aliphatic heterocycles. The van der Waals surface area contributed by atoms with Crippen LogP contribution in [0.15, 0.2) is 18.2 Å². The molecule has 0 saturated heterocycles. The van der Waals surface area contributed by atoms with E-state index in [9.17, 15) is 4.79 Å². The van der Waals surface area contributed by atoms with Crippen molar-refractivity contribution >= 4 is 5.91 Å². The minimum absolute atomic E-state index is 0.136. The van der Waals surface area contributed by atoms with Crippen molar-refractivity contribution in [3.8, 4) is 0 Å². The molecular formula is C14H20N2O. The number of carbonyl (C=O) groups is 1. The summed E-state index contributed by atoms with van der Waals surface area (Å²) in [5.41, 5.74) is 9.38. The summed E-state index contributed by atoms with van der Waals surface area (Å²) < 4.78 is 0. The molecule has 0 radical (unpaired) electrons. The van der Waals surface area contributed by atoms with Gasteiger partial charge in [0, 0.05) is 18.5 Å². The highest BCUT2D eigenvalue weighted by atomic mass is 16.1. The van der Waals surface area contributed by atoms with Gasteiger partial charge < -0.3 is 11.1 Å². The van der Waals surface area contributed by atoms with Gasteiger partial charge in [-0.25, -0.2) is 0 Å². The minimum atomic E-state index is 0.136. The van der Waals surface area contributed by atoms with Crippen LogP contribution in [0.4, 0.5) is 0 Å². The Labute approximate surface area is 102 Å². The van der Waals surface area contributed by atoms with Gasteiger partial charge in [0.1, 0.15) is 0 Å². The maximum absolute atomic E-state index is 11.7. The SMILES string of the molecule is Cc1ccc(CNC(=O)C2CC(N)C2)cc1C. The topological polar surface area (TPSA) is 55.1 Å². The van der Waals surface area contributed by atoms with Crippen LogP contribution >= 0.6 is 0 Å². The molecule has 1 aromatic carbocycles. The first-order valence-corrected chi connectivity index (χ1v) is 6.15. The lowest BCUT2D eigenvalue weighted by Crippen LogP contribution is -2.44. The molecule has 0 heterocycles. The van der Waals surface area contributed by atoms with Gasteiger partial charge in [0.2, 0.25) is 5.91 Å². The Morgan fingerprint density at radius 3 is 2.65 bits per heavy atom. The third-order valence-corrected chi connectivity index (χ3v) is 3.58. The molecule has 1 fully saturated rings. The van der Waals surface area contributed by atoms with Crippen molar-refractivity contribution in [2.45, 2.75) is 39.3 Å². The lowest BCUT2D eigenvalue weighted by Gasteiger charge is -2.31. The summed E-state index contributed by atoms with van der Waals surface area (Å²) in [4.78, 5) is 11.7. The number of hydrogen-bond acceptors (Lipinski definition) is 2. The number of rotatable bonds is 3. The summed E-state index contributed by atoms with van der Waals surface area (Å²) in [5.74, 6) is 0.279. The van der Waals surface area contributed by atoms with Crippen LogP contribution in [-0.4, -0.2) is 11.9 Å². The van der Waals surface area contributed by atoms with Crippen molar-refractivity contribution in [3.63, 3.8) is 0 Å². The normalized spacial score (nSPS) is 23.0. The van der Waals surface area contributed by atoms with Crippen LogP contribution in [0.3, 0.4) is 0 Å². The molecule has 1 aliphatic carbocycles. The quantitative estimate of drug-likeness (QED) is 0.832. The van der Waals surface area contributed by atoms with E-state index < -0.39 is 0 Å². The highest BCUT2D eigenvalue weighted by molar-refractivity contribution is 5.79. The van der Waals surface area contributed by atoms with Gasteiger partial charge in [-0.15, -0.1) is 0 Å². The van der Waals surface area contributed by atoms with E-state index in [0.29, 0.717) is 6.54 Å². The molecule has 1 amide bonds. The van der Waals surface area contributed by atoms with Crippen molar-refractivity contribution in [2.24, 2.45) is 11.7 Å². The summed E-state index contributed by atoms with van der Waals surface area (Å²) >= 11 is 0. The summed E-state index contributed by atoms with van der Waals surface area (Å²) in [6.45, 7) is 4.80. The summed E-state index contributed by atoms with van der Waals surface area (Å²) in [6, 6.07) is 6.51. The third-order valence-electron chi connectivity index (χ3n) is 3.58. The standard InChI is InChI=1S/C14H20N2O/c1-9-3-4-11(5-10(9)2)8-16-14(17)12-6-13(15)7-12/h3-5,12-13H,6-8,15H2,1-2H3,(H,16,17). The molecule has 2 rings (SSSR count). The zero-order chi connectivity index (χ0) is 12.4. The van der Waals surface area contributed by atoms with Crippen molar-refractivity contribution in [3.05, 3.63) is 34.9 Å².